The van der Waals surface area contributed by atoms with Gasteiger partial charge in [-0.25, -0.2) is 4.98 Å². The second kappa shape index (κ2) is 7.79. The van der Waals surface area contributed by atoms with E-state index < -0.39 is 0 Å². The third kappa shape index (κ3) is 3.62. The average Bonchev–Trinajstić information content (AvgIpc) is 3.24. The topological polar surface area (TPSA) is 94.5 Å². The van der Waals surface area contributed by atoms with Crippen LogP contribution in [0.3, 0.4) is 0 Å². The Morgan fingerprint density at radius 2 is 1.97 bits per heavy atom. The maximum Gasteiger partial charge on any atom is 0.168 e. The van der Waals surface area contributed by atoms with Crippen molar-refractivity contribution in [2.24, 2.45) is 0 Å². The molecule has 0 bridgehead atoms. The molecule has 6 nitrogen and oxygen atoms in total. The van der Waals surface area contributed by atoms with Gasteiger partial charge in [0.25, 0.3) is 0 Å². The summed E-state index contributed by atoms with van der Waals surface area (Å²) >= 11 is 0. The van der Waals surface area contributed by atoms with E-state index in [-0.39, 0.29) is 0 Å². The van der Waals surface area contributed by atoms with Crippen molar-refractivity contribution in [3.05, 3.63) is 83.1 Å². The van der Waals surface area contributed by atoms with Crippen LogP contribution >= 0.6 is 0 Å². The Kier molecular flexibility index (Phi) is 4.87. The van der Waals surface area contributed by atoms with Gasteiger partial charge >= 0.3 is 0 Å². The van der Waals surface area contributed by atoms with Crippen LogP contribution in [0.15, 0.2) is 55.0 Å². The Balaban J connectivity index is 1.74. The fourth-order valence-electron chi connectivity index (χ4n) is 3.18. The number of nitrogens with zero attached hydrogens (tertiary/aromatic N) is 3. The predicted molar refractivity (Wildman–Crippen MR) is 114 cm³/mol. The molecule has 4 rings (SSSR count). The van der Waals surface area contributed by atoms with Crippen LogP contribution in [0.1, 0.15) is 32.9 Å². The van der Waals surface area contributed by atoms with Gasteiger partial charge in [-0.05, 0) is 55.0 Å². The van der Waals surface area contributed by atoms with Crippen LogP contribution in [-0.4, -0.2) is 21.2 Å². The van der Waals surface area contributed by atoms with E-state index >= 15 is 0 Å². The van der Waals surface area contributed by atoms with Crippen molar-refractivity contribution >= 4 is 40.7 Å². The smallest absolute Gasteiger partial charge is 0.168 e. The summed E-state index contributed by atoms with van der Waals surface area (Å²) in [5.41, 5.74) is 5.92. The molecule has 0 radical (unpaired) electrons. The number of H-pyrrole nitrogens is 1. The zero-order chi connectivity index (χ0) is 20.2. The molecule has 0 amide bonds. The molecule has 1 aromatic carbocycles. The summed E-state index contributed by atoms with van der Waals surface area (Å²) in [6, 6.07) is 13.4. The van der Waals surface area contributed by atoms with Crippen LogP contribution in [0.2, 0.25) is 0 Å². The molecule has 0 saturated heterocycles. The minimum absolute atomic E-state index is 0.366. The van der Waals surface area contributed by atoms with Gasteiger partial charge in [0.2, 0.25) is 0 Å². The van der Waals surface area contributed by atoms with E-state index in [1.54, 1.807) is 24.4 Å². The molecule has 29 heavy (non-hydrogen) atoms. The van der Waals surface area contributed by atoms with Gasteiger partial charge in [0.15, 0.2) is 6.29 Å². The number of carbonyl (C=O) groups is 1. The van der Waals surface area contributed by atoms with Crippen LogP contribution in [0.5, 0.6) is 0 Å². The highest BCUT2D eigenvalue weighted by atomic mass is 16.1. The van der Waals surface area contributed by atoms with Crippen molar-refractivity contribution < 1.29 is 4.79 Å². The number of aryl methyl sites for hydroxylation is 1. The Morgan fingerprint density at radius 1 is 1.10 bits per heavy atom. The number of nitriles is 1. The second-order valence-electron chi connectivity index (χ2n) is 6.50. The normalized spacial score (nSPS) is 10.9. The monoisotopic (exact) mass is 379 g/mol. The maximum absolute atomic E-state index is 10.9. The van der Waals surface area contributed by atoms with E-state index in [0.29, 0.717) is 28.9 Å². The molecule has 0 fully saturated rings. The third-order valence-electron chi connectivity index (χ3n) is 4.71. The van der Waals surface area contributed by atoms with Gasteiger partial charge in [-0.15, -0.1) is 0 Å². The third-order valence-corrected chi connectivity index (χ3v) is 4.71. The van der Waals surface area contributed by atoms with Crippen molar-refractivity contribution in [1.82, 2.24) is 15.0 Å². The first-order valence-electron chi connectivity index (χ1n) is 9.02. The van der Waals surface area contributed by atoms with Crippen LogP contribution in [0.25, 0.3) is 23.1 Å². The lowest BCUT2D eigenvalue weighted by atomic mass is 10.1. The Morgan fingerprint density at radius 3 is 2.79 bits per heavy atom. The number of carbonyl (C=O) groups excluding carboxylic acids is 1. The summed E-state index contributed by atoms with van der Waals surface area (Å²) in [6.07, 6.45) is 9.46. The molecule has 3 heterocycles. The Bertz CT molecular complexity index is 1280. The number of aromatic nitrogens is 3. The van der Waals surface area contributed by atoms with E-state index in [1.165, 1.54) is 6.20 Å². The number of aldehydes is 1. The maximum atomic E-state index is 10.9. The highest BCUT2D eigenvalue weighted by molar-refractivity contribution is 5.90. The van der Waals surface area contributed by atoms with Crippen LogP contribution < -0.4 is 5.32 Å². The minimum Gasteiger partial charge on any atom is -0.361 e. The molecule has 0 aliphatic carbocycles. The van der Waals surface area contributed by atoms with Gasteiger partial charge in [-0.1, -0.05) is 6.07 Å². The van der Waals surface area contributed by atoms with E-state index in [0.717, 1.165) is 27.7 Å². The lowest BCUT2D eigenvalue weighted by Crippen LogP contribution is -1.99. The van der Waals surface area contributed by atoms with Crippen molar-refractivity contribution in [3.8, 4) is 6.07 Å². The van der Waals surface area contributed by atoms with Crippen molar-refractivity contribution in [2.45, 2.75) is 6.92 Å². The fraction of sp³-hybridized carbons (Fsp3) is 0.0435. The first kappa shape index (κ1) is 18.1. The molecule has 2 N–H and O–H groups in total. The van der Waals surface area contributed by atoms with Crippen LogP contribution in [-0.2, 0) is 0 Å². The van der Waals surface area contributed by atoms with Crippen molar-refractivity contribution in [3.63, 3.8) is 0 Å². The molecule has 140 valence electrons. The molecule has 6 heteroatoms. The number of anilines is 2. The lowest BCUT2D eigenvalue weighted by molar-refractivity contribution is 0.111. The number of hydrogen-bond donors (Lipinski definition) is 2. The molecule has 0 spiro atoms. The van der Waals surface area contributed by atoms with Gasteiger partial charge in [0.05, 0.1) is 16.9 Å². The first-order chi connectivity index (χ1) is 14.2. The summed E-state index contributed by atoms with van der Waals surface area (Å²) in [7, 11) is 0. The second-order valence-corrected chi connectivity index (χ2v) is 6.50. The summed E-state index contributed by atoms with van der Waals surface area (Å²) in [5.74, 6) is 0. The number of fused-ring (bicyclic) bond motifs is 1. The molecule has 0 aliphatic heterocycles. The minimum atomic E-state index is 0.366. The summed E-state index contributed by atoms with van der Waals surface area (Å²) in [6.45, 7) is 2.04. The molecule has 4 aromatic rings. The van der Waals surface area contributed by atoms with Crippen LogP contribution in [0.4, 0.5) is 11.4 Å². The zero-order valence-corrected chi connectivity index (χ0v) is 15.7. The SMILES string of the molecule is Cc1c(Nc2c(C#N)cncc2/C=C/c2cccc(C=O)n2)ccc2[nH]ccc12. The standard InChI is InChI=1S/C23H17N5O/c1-15-20-9-10-26-22(20)8-7-21(15)28-23-16(12-25-13-17(23)11-24)5-6-18-3-2-4-19(14-29)27-18/h2-10,12-14,26H,1H3,(H,25,28)/b6-5+. The van der Waals surface area contributed by atoms with Gasteiger partial charge in [-0.2, -0.15) is 5.26 Å². The molecule has 0 atom stereocenters. The number of aromatic amines is 1. The largest absolute Gasteiger partial charge is 0.361 e. The Labute approximate surface area is 167 Å². The number of rotatable bonds is 5. The first-order valence-corrected chi connectivity index (χ1v) is 9.02. The summed E-state index contributed by atoms with van der Waals surface area (Å²) < 4.78 is 0. The highest BCUT2D eigenvalue weighted by Gasteiger charge is 2.11. The van der Waals surface area contributed by atoms with Gasteiger partial charge < -0.3 is 10.3 Å². The quantitative estimate of drug-likeness (QED) is 0.483. The molecular weight excluding hydrogens is 362 g/mol. The number of benzene rings is 1. The lowest BCUT2D eigenvalue weighted by Gasteiger charge is -2.14. The van der Waals surface area contributed by atoms with E-state index in [1.807, 2.05) is 43.5 Å². The highest BCUT2D eigenvalue weighted by Crippen LogP contribution is 2.31. The Hall–Kier alpha value is -4.24. The number of pyridine rings is 2. The summed E-state index contributed by atoms with van der Waals surface area (Å²) in [5, 5.41) is 14.1. The average molecular weight is 379 g/mol. The molecule has 0 saturated carbocycles. The fourth-order valence-corrected chi connectivity index (χ4v) is 3.18. The predicted octanol–water partition coefficient (Wildman–Crippen LogP) is 4.86. The van der Waals surface area contributed by atoms with E-state index in [4.69, 9.17) is 0 Å². The van der Waals surface area contributed by atoms with Crippen LogP contribution in [0, 0.1) is 18.3 Å². The van der Waals surface area contributed by atoms with Crippen molar-refractivity contribution in [1.29, 1.82) is 5.26 Å². The molecular formula is C23H17N5O. The van der Waals surface area contributed by atoms with Crippen molar-refractivity contribution in [2.75, 3.05) is 5.32 Å². The number of nitrogens with one attached hydrogen (secondary N) is 2. The summed E-state index contributed by atoms with van der Waals surface area (Å²) in [4.78, 5) is 22.5. The van der Waals surface area contributed by atoms with Gasteiger partial charge in [0.1, 0.15) is 11.8 Å². The van der Waals surface area contributed by atoms with E-state index in [9.17, 15) is 10.1 Å². The number of hydrogen-bond acceptors (Lipinski definition) is 5. The zero-order valence-electron chi connectivity index (χ0n) is 15.7. The van der Waals surface area contributed by atoms with E-state index in [2.05, 4.69) is 26.3 Å². The molecule has 0 unspecified atom stereocenters. The van der Waals surface area contributed by atoms with Gasteiger partial charge in [0, 0.05) is 40.7 Å². The molecule has 0 aliphatic rings. The molecule has 3 aromatic heterocycles. The van der Waals surface area contributed by atoms with Gasteiger partial charge in [-0.3, -0.25) is 9.78 Å².